The fourth-order valence-corrected chi connectivity index (χ4v) is 3.01. The highest BCUT2D eigenvalue weighted by Gasteiger charge is 2.10. The lowest BCUT2D eigenvalue weighted by Gasteiger charge is -2.07. The molecule has 1 aromatic heterocycles. The molecule has 7 nitrogen and oxygen atoms in total. The summed E-state index contributed by atoms with van der Waals surface area (Å²) in [5.41, 5.74) is 5.84. The summed E-state index contributed by atoms with van der Waals surface area (Å²) in [7, 11) is 0. The highest BCUT2D eigenvalue weighted by molar-refractivity contribution is 6.30. The first kappa shape index (κ1) is 21.1. The van der Waals surface area contributed by atoms with Gasteiger partial charge in [-0.25, -0.2) is 5.43 Å². The molecule has 1 amide bonds. The molecular weight excluding hydrogens is 428 g/mol. The second-order valence-corrected chi connectivity index (χ2v) is 7.34. The summed E-state index contributed by atoms with van der Waals surface area (Å²) < 4.78 is 5.79. The van der Waals surface area contributed by atoms with Crippen LogP contribution in [-0.4, -0.2) is 27.4 Å². The van der Waals surface area contributed by atoms with Crippen molar-refractivity contribution in [2.45, 2.75) is 6.61 Å². The largest absolute Gasteiger partial charge is 0.508 e. The van der Waals surface area contributed by atoms with Gasteiger partial charge in [-0.2, -0.15) is 10.2 Å². The van der Waals surface area contributed by atoms with Crippen molar-refractivity contribution in [2.24, 2.45) is 5.10 Å². The summed E-state index contributed by atoms with van der Waals surface area (Å²) in [6.45, 7) is 0.437. The number of aromatic amines is 1. The van der Waals surface area contributed by atoms with Crippen molar-refractivity contribution in [1.82, 2.24) is 15.6 Å². The number of nitrogens with zero attached hydrogens (tertiary/aromatic N) is 2. The van der Waals surface area contributed by atoms with Gasteiger partial charge in [-0.1, -0.05) is 35.9 Å². The van der Waals surface area contributed by atoms with Gasteiger partial charge in [0.05, 0.1) is 11.9 Å². The van der Waals surface area contributed by atoms with Gasteiger partial charge in [0.15, 0.2) is 0 Å². The SMILES string of the molecule is O=C(N/N=C/c1cccc(O)c1)c1cc(-c2ccc(OCc3ccc(Cl)cc3)cc2)n[nH]1. The Hall–Kier alpha value is -4.10. The zero-order valence-electron chi connectivity index (χ0n) is 16.8. The molecular formula is C24H19ClN4O3. The number of ether oxygens (including phenoxy) is 1. The maximum atomic E-state index is 12.3. The Bertz CT molecular complexity index is 1230. The number of benzene rings is 3. The molecule has 0 spiro atoms. The molecule has 0 fully saturated rings. The van der Waals surface area contributed by atoms with Crippen molar-refractivity contribution < 1.29 is 14.6 Å². The van der Waals surface area contributed by atoms with Crippen LogP contribution < -0.4 is 10.2 Å². The van der Waals surface area contributed by atoms with Gasteiger partial charge in [-0.15, -0.1) is 0 Å². The molecule has 0 saturated heterocycles. The van der Waals surface area contributed by atoms with Crippen LogP contribution in [0.4, 0.5) is 0 Å². The number of phenolic OH excluding ortho intramolecular Hbond substituents is 1. The van der Waals surface area contributed by atoms with Crippen LogP contribution in [0, 0.1) is 0 Å². The zero-order chi connectivity index (χ0) is 22.3. The topological polar surface area (TPSA) is 99.6 Å². The smallest absolute Gasteiger partial charge is 0.289 e. The number of amides is 1. The Morgan fingerprint density at radius 1 is 1.09 bits per heavy atom. The van der Waals surface area contributed by atoms with E-state index in [2.05, 4.69) is 20.7 Å². The van der Waals surface area contributed by atoms with E-state index < -0.39 is 5.91 Å². The number of aromatic hydroxyl groups is 1. The third kappa shape index (κ3) is 5.53. The molecule has 0 unspecified atom stereocenters. The fourth-order valence-electron chi connectivity index (χ4n) is 2.89. The minimum Gasteiger partial charge on any atom is -0.508 e. The Morgan fingerprint density at radius 3 is 2.62 bits per heavy atom. The molecule has 1 heterocycles. The number of H-pyrrole nitrogens is 1. The van der Waals surface area contributed by atoms with Crippen LogP contribution in [0.15, 0.2) is 84.0 Å². The molecule has 0 saturated carbocycles. The third-order valence-corrected chi connectivity index (χ3v) is 4.79. The number of carbonyl (C=O) groups is 1. The van der Waals surface area contributed by atoms with E-state index in [4.69, 9.17) is 16.3 Å². The second-order valence-electron chi connectivity index (χ2n) is 6.90. The lowest BCUT2D eigenvalue weighted by atomic mass is 10.1. The van der Waals surface area contributed by atoms with E-state index in [-0.39, 0.29) is 11.4 Å². The lowest BCUT2D eigenvalue weighted by molar-refractivity contribution is 0.0950. The lowest BCUT2D eigenvalue weighted by Crippen LogP contribution is -2.17. The Labute approximate surface area is 189 Å². The first-order chi connectivity index (χ1) is 15.6. The van der Waals surface area contributed by atoms with Gasteiger partial charge in [0.25, 0.3) is 5.91 Å². The van der Waals surface area contributed by atoms with Gasteiger partial charge in [-0.3, -0.25) is 9.89 Å². The van der Waals surface area contributed by atoms with Crippen LogP contribution in [0.25, 0.3) is 11.3 Å². The molecule has 3 N–H and O–H groups in total. The van der Waals surface area contributed by atoms with Crippen LogP contribution in [0.5, 0.6) is 11.5 Å². The van der Waals surface area contributed by atoms with E-state index in [0.29, 0.717) is 22.9 Å². The first-order valence-electron chi connectivity index (χ1n) is 9.72. The molecule has 0 radical (unpaired) electrons. The zero-order valence-corrected chi connectivity index (χ0v) is 17.6. The third-order valence-electron chi connectivity index (χ3n) is 4.54. The van der Waals surface area contributed by atoms with E-state index in [1.807, 2.05) is 48.5 Å². The number of hydrogen-bond donors (Lipinski definition) is 3. The van der Waals surface area contributed by atoms with Crippen LogP contribution in [0.1, 0.15) is 21.6 Å². The molecule has 0 atom stereocenters. The monoisotopic (exact) mass is 446 g/mol. The quantitative estimate of drug-likeness (QED) is 0.281. The van der Waals surface area contributed by atoms with E-state index >= 15 is 0 Å². The van der Waals surface area contributed by atoms with Gasteiger partial charge >= 0.3 is 0 Å². The van der Waals surface area contributed by atoms with Gasteiger partial charge in [0.1, 0.15) is 23.8 Å². The van der Waals surface area contributed by atoms with Crippen LogP contribution in [0.3, 0.4) is 0 Å². The summed E-state index contributed by atoms with van der Waals surface area (Å²) in [5.74, 6) is 0.418. The van der Waals surface area contributed by atoms with Crippen molar-refractivity contribution in [2.75, 3.05) is 0 Å². The molecule has 4 aromatic rings. The van der Waals surface area contributed by atoms with E-state index in [1.54, 1.807) is 24.3 Å². The number of halogens is 1. The average molecular weight is 447 g/mol. The van der Waals surface area contributed by atoms with Crippen molar-refractivity contribution in [3.05, 3.63) is 101 Å². The van der Waals surface area contributed by atoms with Gasteiger partial charge in [-0.05, 0) is 65.7 Å². The number of carbonyl (C=O) groups excluding carboxylic acids is 1. The van der Waals surface area contributed by atoms with Crippen LogP contribution in [0.2, 0.25) is 5.02 Å². The number of phenols is 1. The first-order valence-corrected chi connectivity index (χ1v) is 10.1. The molecule has 160 valence electrons. The molecule has 4 rings (SSSR count). The maximum absolute atomic E-state index is 12.3. The number of aromatic nitrogens is 2. The highest BCUT2D eigenvalue weighted by atomic mass is 35.5. The fraction of sp³-hybridized carbons (Fsp3) is 0.0417. The Balaban J connectivity index is 1.34. The van der Waals surface area contributed by atoms with Gasteiger partial charge in [0, 0.05) is 10.6 Å². The van der Waals surface area contributed by atoms with Gasteiger partial charge < -0.3 is 9.84 Å². The van der Waals surface area contributed by atoms with Crippen molar-refractivity contribution >= 4 is 23.7 Å². The van der Waals surface area contributed by atoms with E-state index in [9.17, 15) is 9.90 Å². The van der Waals surface area contributed by atoms with Crippen molar-refractivity contribution in [1.29, 1.82) is 0 Å². The number of rotatable bonds is 7. The molecule has 32 heavy (non-hydrogen) atoms. The molecule has 0 aliphatic carbocycles. The van der Waals surface area contributed by atoms with Crippen LogP contribution >= 0.6 is 11.6 Å². The van der Waals surface area contributed by atoms with E-state index in [0.717, 1.165) is 16.9 Å². The molecule has 0 aliphatic rings. The van der Waals surface area contributed by atoms with Gasteiger partial charge in [0.2, 0.25) is 0 Å². The number of nitrogens with one attached hydrogen (secondary N) is 2. The van der Waals surface area contributed by atoms with Crippen molar-refractivity contribution in [3.63, 3.8) is 0 Å². The second kappa shape index (κ2) is 9.80. The number of hydrogen-bond acceptors (Lipinski definition) is 5. The predicted octanol–water partition coefficient (Wildman–Crippen LogP) is 4.78. The summed E-state index contributed by atoms with van der Waals surface area (Å²) in [6, 6.07) is 23.1. The van der Waals surface area contributed by atoms with Crippen molar-refractivity contribution in [3.8, 4) is 22.8 Å². The highest BCUT2D eigenvalue weighted by Crippen LogP contribution is 2.22. The summed E-state index contributed by atoms with van der Waals surface area (Å²) in [4.78, 5) is 12.3. The molecule has 0 bridgehead atoms. The van der Waals surface area contributed by atoms with E-state index in [1.165, 1.54) is 12.3 Å². The summed E-state index contributed by atoms with van der Waals surface area (Å²) >= 11 is 5.89. The standard InChI is InChI=1S/C24H19ClN4O3/c25-19-8-4-16(5-9-19)15-32-21-10-6-18(7-11-21)22-13-23(28-27-22)24(31)29-26-14-17-2-1-3-20(30)12-17/h1-14,30H,15H2,(H,27,28)(H,29,31)/b26-14+. The molecule has 0 aliphatic heterocycles. The Morgan fingerprint density at radius 2 is 1.88 bits per heavy atom. The summed E-state index contributed by atoms with van der Waals surface area (Å²) in [5, 5.41) is 20.9. The number of hydrazone groups is 1. The average Bonchev–Trinajstić information content (AvgIpc) is 3.30. The minimum absolute atomic E-state index is 0.125. The molecule has 3 aromatic carbocycles. The van der Waals surface area contributed by atoms with Crippen LogP contribution in [-0.2, 0) is 6.61 Å². The maximum Gasteiger partial charge on any atom is 0.289 e. The predicted molar refractivity (Wildman–Crippen MR) is 123 cm³/mol. The minimum atomic E-state index is -0.428. The Kier molecular flexibility index (Phi) is 6.48. The summed E-state index contributed by atoms with van der Waals surface area (Å²) in [6.07, 6.45) is 1.44. The molecule has 8 heteroatoms. The normalized spacial score (nSPS) is 10.9.